The molecule has 0 aliphatic heterocycles. The zero-order valence-corrected chi connectivity index (χ0v) is 12.6. The van der Waals surface area contributed by atoms with Gasteiger partial charge in [-0.3, -0.25) is 10.1 Å². The molecule has 0 heterocycles. The topological polar surface area (TPSA) is 91.4 Å². The number of hydrogen-bond acceptors (Lipinski definition) is 4. The quantitative estimate of drug-likeness (QED) is 0.532. The van der Waals surface area contributed by atoms with E-state index in [0.717, 1.165) is 22.9 Å². The molecule has 0 N–H and O–H groups in total. The number of fused-ring (bicyclic) bond motifs is 1. The molecule has 23 heavy (non-hydrogen) atoms. The van der Waals surface area contributed by atoms with Gasteiger partial charge in [0.25, 0.3) is 5.69 Å². The van der Waals surface area contributed by atoms with Gasteiger partial charge in [0.15, 0.2) is 0 Å². The summed E-state index contributed by atoms with van der Waals surface area (Å²) in [6, 6.07) is 17.3. The van der Waals surface area contributed by atoms with Gasteiger partial charge < -0.3 is 4.72 Å². The van der Waals surface area contributed by atoms with Crippen molar-refractivity contribution in [3.8, 4) is 0 Å². The third-order valence-electron chi connectivity index (χ3n) is 3.30. The number of rotatable bonds is 4. The van der Waals surface area contributed by atoms with E-state index >= 15 is 0 Å². The molecule has 0 amide bonds. The maximum Gasteiger partial charge on any atom is 0.269 e. The standard InChI is InChI=1S/C16H11N2O4S/c19-18(20)15-7-9-16(10-8-15)23(21,22)17-14-6-5-12-3-1-2-4-13(12)11-14/h1-11H/q-1. The molecule has 6 nitrogen and oxygen atoms in total. The summed E-state index contributed by atoms with van der Waals surface area (Å²) in [6.07, 6.45) is 0. The Balaban J connectivity index is 1.91. The van der Waals surface area contributed by atoms with Crippen molar-refractivity contribution in [3.63, 3.8) is 0 Å². The van der Waals surface area contributed by atoms with Gasteiger partial charge >= 0.3 is 0 Å². The maximum absolute atomic E-state index is 12.3. The maximum atomic E-state index is 12.3. The fourth-order valence-electron chi connectivity index (χ4n) is 2.16. The Morgan fingerprint density at radius 3 is 2.17 bits per heavy atom. The summed E-state index contributed by atoms with van der Waals surface area (Å²) < 4.78 is 28.4. The number of nitro groups is 1. The first-order chi connectivity index (χ1) is 11.0. The Bertz CT molecular complexity index is 982. The van der Waals surface area contributed by atoms with E-state index in [0.29, 0.717) is 5.69 Å². The van der Waals surface area contributed by atoms with Crippen LogP contribution in [0.3, 0.4) is 0 Å². The number of sulfonamides is 1. The lowest BCUT2D eigenvalue weighted by Gasteiger charge is -2.22. The van der Waals surface area contributed by atoms with E-state index in [9.17, 15) is 18.5 Å². The molecule has 0 aliphatic carbocycles. The van der Waals surface area contributed by atoms with Crippen molar-refractivity contribution in [1.82, 2.24) is 0 Å². The largest absolute Gasteiger partial charge is 0.573 e. The van der Waals surface area contributed by atoms with Crippen molar-refractivity contribution in [2.75, 3.05) is 0 Å². The summed E-state index contributed by atoms with van der Waals surface area (Å²) in [5.74, 6) is 0. The van der Waals surface area contributed by atoms with Gasteiger partial charge in [-0.1, -0.05) is 42.5 Å². The summed E-state index contributed by atoms with van der Waals surface area (Å²) in [4.78, 5) is 9.94. The van der Waals surface area contributed by atoms with E-state index in [1.807, 2.05) is 24.3 Å². The van der Waals surface area contributed by atoms with Crippen molar-refractivity contribution in [2.24, 2.45) is 0 Å². The second-order valence-corrected chi connectivity index (χ2v) is 6.45. The highest BCUT2D eigenvalue weighted by molar-refractivity contribution is 7.94. The molecule has 0 aliphatic rings. The molecule has 3 aromatic rings. The lowest BCUT2D eigenvalue weighted by Crippen LogP contribution is -1.98. The molecule has 0 atom stereocenters. The molecule has 0 radical (unpaired) electrons. The van der Waals surface area contributed by atoms with Crippen molar-refractivity contribution < 1.29 is 13.3 Å². The van der Waals surface area contributed by atoms with E-state index < -0.39 is 14.9 Å². The van der Waals surface area contributed by atoms with Gasteiger partial charge in [0.05, 0.1) is 9.82 Å². The van der Waals surface area contributed by atoms with Gasteiger partial charge in [-0.2, -0.15) is 0 Å². The lowest BCUT2D eigenvalue weighted by molar-refractivity contribution is -0.384. The SMILES string of the molecule is O=[N+]([O-])c1ccc(S(=O)(=O)[N-]c2ccc3ccccc3c2)cc1. The summed E-state index contributed by atoms with van der Waals surface area (Å²) >= 11 is 0. The molecule has 3 rings (SSSR count). The van der Waals surface area contributed by atoms with Gasteiger partial charge in [0.2, 0.25) is 0 Å². The van der Waals surface area contributed by atoms with Gasteiger partial charge in [0, 0.05) is 12.1 Å². The van der Waals surface area contributed by atoms with E-state index in [1.165, 1.54) is 12.1 Å². The van der Waals surface area contributed by atoms with Crippen LogP contribution >= 0.6 is 0 Å². The Hall–Kier alpha value is -2.93. The van der Waals surface area contributed by atoms with Crippen molar-refractivity contribution in [1.29, 1.82) is 0 Å². The zero-order valence-electron chi connectivity index (χ0n) is 11.8. The fraction of sp³-hybridized carbons (Fsp3) is 0. The average Bonchev–Trinajstić information content (AvgIpc) is 2.54. The minimum Gasteiger partial charge on any atom is -0.573 e. The third-order valence-corrected chi connectivity index (χ3v) is 4.62. The van der Waals surface area contributed by atoms with Crippen molar-refractivity contribution in [2.45, 2.75) is 4.90 Å². The predicted molar refractivity (Wildman–Crippen MR) is 87.2 cm³/mol. The Morgan fingerprint density at radius 2 is 1.52 bits per heavy atom. The van der Waals surface area contributed by atoms with Gasteiger partial charge in [-0.05, 0) is 22.9 Å². The Kier molecular flexibility index (Phi) is 3.71. The van der Waals surface area contributed by atoms with Gasteiger partial charge in [-0.15, -0.1) is 5.69 Å². The molecule has 7 heteroatoms. The normalized spacial score (nSPS) is 11.3. The second kappa shape index (κ2) is 5.69. The number of nitro benzene ring substituents is 1. The average molecular weight is 327 g/mol. The highest BCUT2D eigenvalue weighted by Gasteiger charge is 2.09. The van der Waals surface area contributed by atoms with Gasteiger partial charge in [0.1, 0.15) is 10.0 Å². The van der Waals surface area contributed by atoms with Crippen LogP contribution in [0.4, 0.5) is 11.4 Å². The van der Waals surface area contributed by atoms with Crippen molar-refractivity contribution in [3.05, 3.63) is 81.6 Å². The van der Waals surface area contributed by atoms with E-state index in [-0.39, 0.29) is 10.6 Å². The van der Waals surface area contributed by atoms with Crippen LogP contribution in [0.5, 0.6) is 0 Å². The van der Waals surface area contributed by atoms with Crippen LogP contribution in [0.1, 0.15) is 0 Å². The first-order valence-corrected chi connectivity index (χ1v) is 8.11. The molecule has 0 aromatic heterocycles. The molecule has 0 bridgehead atoms. The number of benzene rings is 3. The molecule has 0 saturated carbocycles. The molecule has 3 aromatic carbocycles. The van der Waals surface area contributed by atoms with Crippen LogP contribution in [0.15, 0.2) is 71.6 Å². The Labute approximate surface area is 132 Å². The van der Waals surface area contributed by atoms with Gasteiger partial charge in [-0.25, -0.2) is 8.42 Å². The number of nitrogens with zero attached hydrogens (tertiary/aromatic N) is 2. The molecular weight excluding hydrogens is 316 g/mol. The molecule has 0 saturated heterocycles. The van der Waals surface area contributed by atoms with Crippen LogP contribution in [0, 0.1) is 10.1 Å². The second-order valence-electron chi connectivity index (χ2n) is 4.85. The molecular formula is C16H11N2O4S-. The zero-order chi connectivity index (χ0) is 16.4. The highest BCUT2D eigenvalue weighted by atomic mass is 32.2. The van der Waals surface area contributed by atoms with Crippen LogP contribution in [0.25, 0.3) is 15.5 Å². The van der Waals surface area contributed by atoms with E-state index in [4.69, 9.17) is 0 Å². The fourth-order valence-corrected chi connectivity index (χ4v) is 3.14. The summed E-state index contributed by atoms with van der Waals surface area (Å²) in [5.41, 5.74) is 0.136. The minimum atomic E-state index is -3.92. The van der Waals surface area contributed by atoms with Crippen LogP contribution in [0.2, 0.25) is 0 Å². The number of non-ortho nitro benzene ring substituents is 1. The van der Waals surface area contributed by atoms with E-state index in [1.54, 1.807) is 18.2 Å². The highest BCUT2D eigenvalue weighted by Crippen LogP contribution is 2.31. The predicted octanol–water partition coefficient (Wildman–Crippen LogP) is 4.14. The summed E-state index contributed by atoms with van der Waals surface area (Å²) in [7, 11) is -3.92. The lowest BCUT2D eigenvalue weighted by atomic mass is 10.1. The third kappa shape index (κ3) is 3.14. The van der Waals surface area contributed by atoms with Crippen LogP contribution in [-0.2, 0) is 10.0 Å². The van der Waals surface area contributed by atoms with Crippen LogP contribution in [-0.4, -0.2) is 13.3 Å². The first kappa shape index (κ1) is 15.0. The monoisotopic (exact) mass is 327 g/mol. The smallest absolute Gasteiger partial charge is 0.269 e. The van der Waals surface area contributed by atoms with E-state index in [2.05, 4.69) is 4.72 Å². The molecule has 116 valence electrons. The number of hydrogen-bond donors (Lipinski definition) is 0. The summed E-state index contributed by atoms with van der Waals surface area (Å²) in [6.45, 7) is 0. The first-order valence-electron chi connectivity index (χ1n) is 6.67. The molecule has 0 unspecified atom stereocenters. The minimum absolute atomic E-state index is 0.0868. The Morgan fingerprint density at radius 1 is 0.870 bits per heavy atom. The molecule has 0 fully saturated rings. The summed E-state index contributed by atoms with van der Waals surface area (Å²) in [5, 5.41) is 12.5. The van der Waals surface area contributed by atoms with Crippen molar-refractivity contribution >= 4 is 32.2 Å². The molecule has 0 spiro atoms. The van der Waals surface area contributed by atoms with Crippen LogP contribution < -0.4 is 0 Å².